The van der Waals surface area contributed by atoms with E-state index in [2.05, 4.69) is 22.9 Å². The number of nitro benzene ring substituents is 1. The van der Waals surface area contributed by atoms with Crippen LogP contribution in [0.1, 0.15) is 24.5 Å². The average Bonchev–Trinajstić information content (AvgIpc) is 2.68. The van der Waals surface area contributed by atoms with Crippen molar-refractivity contribution in [3.63, 3.8) is 0 Å². The Morgan fingerprint density at radius 1 is 0.931 bits per heavy atom. The number of nitro groups is 1. The fourth-order valence-corrected chi connectivity index (χ4v) is 3.97. The maximum absolute atomic E-state index is 12.8. The molecule has 0 aliphatic heterocycles. The third kappa shape index (κ3) is 4.50. The number of rotatable bonds is 5. The molecule has 0 N–H and O–H groups in total. The smallest absolute Gasteiger partial charge is 0.258 e. The molecule has 0 atom stereocenters. The van der Waals surface area contributed by atoms with Crippen molar-refractivity contribution >= 4 is 21.6 Å². The number of nitrogens with zero attached hydrogens (tertiary/aromatic N) is 1. The van der Waals surface area contributed by atoms with Crippen molar-refractivity contribution in [2.45, 2.75) is 25.9 Å². The van der Waals surface area contributed by atoms with Crippen LogP contribution in [0.15, 0.2) is 65.1 Å². The SMILES string of the molecule is CCCc1ccc(-c2c([N+](=O)[O-])ccc(-c3ccc(C(F)(F)F)cc3)c2Br)cc1. The Labute approximate surface area is 174 Å². The van der Waals surface area contributed by atoms with Gasteiger partial charge in [-0.15, -0.1) is 0 Å². The predicted octanol–water partition coefficient (Wildman–Crippen LogP) is 7.66. The largest absolute Gasteiger partial charge is 0.416 e. The lowest BCUT2D eigenvalue weighted by Crippen LogP contribution is -2.04. The second kappa shape index (κ2) is 8.37. The van der Waals surface area contributed by atoms with Gasteiger partial charge in [-0.25, -0.2) is 0 Å². The summed E-state index contributed by atoms with van der Waals surface area (Å²) in [5.41, 5.74) is 2.49. The molecule has 3 rings (SSSR count). The number of hydrogen-bond acceptors (Lipinski definition) is 2. The van der Waals surface area contributed by atoms with E-state index in [9.17, 15) is 23.3 Å². The van der Waals surface area contributed by atoms with Crippen LogP contribution in [0.5, 0.6) is 0 Å². The summed E-state index contributed by atoms with van der Waals surface area (Å²) in [6, 6.07) is 15.2. The molecule has 0 bridgehead atoms. The highest BCUT2D eigenvalue weighted by atomic mass is 79.9. The molecule has 0 unspecified atom stereocenters. The number of halogens is 4. The van der Waals surface area contributed by atoms with E-state index in [1.54, 1.807) is 6.07 Å². The maximum Gasteiger partial charge on any atom is 0.416 e. The third-order valence-corrected chi connectivity index (χ3v) is 5.44. The van der Waals surface area contributed by atoms with Crippen LogP contribution in [-0.4, -0.2) is 4.92 Å². The lowest BCUT2D eigenvalue weighted by Gasteiger charge is -2.13. The van der Waals surface area contributed by atoms with E-state index in [4.69, 9.17) is 0 Å². The Morgan fingerprint density at radius 3 is 2.03 bits per heavy atom. The molecule has 0 aromatic heterocycles. The second-order valence-electron chi connectivity index (χ2n) is 6.60. The minimum atomic E-state index is -4.42. The van der Waals surface area contributed by atoms with Crippen molar-refractivity contribution in [1.82, 2.24) is 0 Å². The van der Waals surface area contributed by atoms with E-state index in [1.165, 1.54) is 18.2 Å². The van der Waals surface area contributed by atoms with Crippen molar-refractivity contribution in [2.24, 2.45) is 0 Å². The van der Waals surface area contributed by atoms with Crippen molar-refractivity contribution in [3.8, 4) is 22.3 Å². The van der Waals surface area contributed by atoms with E-state index >= 15 is 0 Å². The van der Waals surface area contributed by atoms with Crippen LogP contribution in [0.3, 0.4) is 0 Å². The summed E-state index contributed by atoms with van der Waals surface area (Å²) < 4.78 is 39.0. The van der Waals surface area contributed by atoms with Gasteiger partial charge in [0, 0.05) is 10.5 Å². The Kier molecular flexibility index (Phi) is 6.07. The van der Waals surface area contributed by atoms with E-state index in [1.807, 2.05) is 24.3 Å². The van der Waals surface area contributed by atoms with Gasteiger partial charge in [0.15, 0.2) is 0 Å². The molecule has 0 amide bonds. The van der Waals surface area contributed by atoms with Gasteiger partial charge in [-0.2, -0.15) is 13.2 Å². The fourth-order valence-electron chi connectivity index (χ4n) is 3.18. The minimum absolute atomic E-state index is 0.0734. The summed E-state index contributed by atoms with van der Waals surface area (Å²) in [5, 5.41) is 11.6. The number of benzene rings is 3. The average molecular weight is 464 g/mol. The van der Waals surface area contributed by atoms with Gasteiger partial charge in [-0.05, 0) is 62.8 Å². The zero-order valence-electron chi connectivity index (χ0n) is 15.5. The third-order valence-electron chi connectivity index (χ3n) is 4.62. The van der Waals surface area contributed by atoms with Gasteiger partial charge in [0.05, 0.1) is 16.1 Å². The van der Waals surface area contributed by atoms with Crippen molar-refractivity contribution in [3.05, 3.63) is 86.4 Å². The molecule has 0 heterocycles. The van der Waals surface area contributed by atoms with Crippen LogP contribution in [0.4, 0.5) is 18.9 Å². The topological polar surface area (TPSA) is 43.1 Å². The van der Waals surface area contributed by atoms with Crippen LogP contribution in [-0.2, 0) is 12.6 Å². The fraction of sp³-hybridized carbons (Fsp3) is 0.182. The molecule has 150 valence electrons. The summed E-state index contributed by atoms with van der Waals surface area (Å²) in [4.78, 5) is 11.1. The van der Waals surface area contributed by atoms with Gasteiger partial charge >= 0.3 is 6.18 Å². The van der Waals surface area contributed by atoms with Crippen LogP contribution in [0.25, 0.3) is 22.3 Å². The summed E-state index contributed by atoms with van der Waals surface area (Å²) in [5.74, 6) is 0. The van der Waals surface area contributed by atoms with E-state index in [0.29, 0.717) is 26.7 Å². The monoisotopic (exact) mass is 463 g/mol. The van der Waals surface area contributed by atoms with Crippen LogP contribution >= 0.6 is 15.9 Å². The molecule has 29 heavy (non-hydrogen) atoms. The molecule has 3 aromatic rings. The van der Waals surface area contributed by atoms with Gasteiger partial charge in [0.1, 0.15) is 0 Å². The Bertz CT molecular complexity index is 1030. The van der Waals surface area contributed by atoms with Gasteiger partial charge in [-0.3, -0.25) is 10.1 Å². The first-order valence-corrected chi connectivity index (χ1v) is 9.75. The highest BCUT2D eigenvalue weighted by Gasteiger charge is 2.30. The summed E-state index contributed by atoms with van der Waals surface area (Å²) in [6.07, 6.45) is -2.52. The van der Waals surface area contributed by atoms with Gasteiger partial charge in [0.25, 0.3) is 5.69 Å². The molecule has 0 fully saturated rings. The molecule has 0 saturated heterocycles. The van der Waals surface area contributed by atoms with Crippen molar-refractivity contribution < 1.29 is 18.1 Å². The van der Waals surface area contributed by atoms with Crippen molar-refractivity contribution in [2.75, 3.05) is 0 Å². The Hall–Kier alpha value is -2.67. The number of alkyl halides is 3. The summed E-state index contributed by atoms with van der Waals surface area (Å²) in [7, 11) is 0. The maximum atomic E-state index is 12.8. The second-order valence-corrected chi connectivity index (χ2v) is 7.39. The molecule has 0 radical (unpaired) electrons. The highest BCUT2D eigenvalue weighted by Crippen LogP contribution is 2.43. The zero-order valence-corrected chi connectivity index (χ0v) is 17.0. The standard InChI is InChI=1S/C22H17BrF3NO2/c1-2-3-14-4-6-16(7-5-14)20-19(27(28)29)13-12-18(21(20)23)15-8-10-17(11-9-15)22(24,25)26/h4-13H,2-3H2,1H3. The predicted molar refractivity (Wildman–Crippen MR) is 111 cm³/mol. The molecule has 0 saturated carbocycles. The van der Waals surface area contributed by atoms with Crippen molar-refractivity contribution in [1.29, 1.82) is 0 Å². The number of aryl methyl sites for hydroxylation is 1. The Balaban J connectivity index is 2.12. The van der Waals surface area contributed by atoms with Gasteiger partial charge < -0.3 is 0 Å². The quantitative estimate of drug-likeness (QED) is 0.287. The molecule has 0 aliphatic rings. The zero-order chi connectivity index (χ0) is 21.2. The molecule has 7 heteroatoms. The molecule has 0 spiro atoms. The number of hydrogen-bond donors (Lipinski definition) is 0. The van der Waals surface area contributed by atoms with Crippen LogP contribution in [0.2, 0.25) is 0 Å². The highest BCUT2D eigenvalue weighted by molar-refractivity contribution is 9.10. The van der Waals surface area contributed by atoms with E-state index in [-0.39, 0.29) is 5.69 Å². The first-order valence-electron chi connectivity index (χ1n) is 8.96. The normalized spacial score (nSPS) is 11.5. The first-order chi connectivity index (χ1) is 13.7. The summed E-state index contributed by atoms with van der Waals surface area (Å²) >= 11 is 3.45. The van der Waals surface area contributed by atoms with E-state index in [0.717, 1.165) is 30.5 Å². The molecule has 0 aliphatic carbocycles. The van der Waals surface area contributed by atoms with Gasteiger partial charge in [-0.1, -0.05) is 49.7 Å². The summed E-state index contributed by atoms with van der Waals surface area (Å²) in [6.45, 7) is 2.07. The molecule has 3 nitrogen and oxygen atoms in total. The van der Waals surface area contributed by atoms with Crippen LogP contribution < -0.4 is 0 Å². The molecular formula is C22H17BrF3NO2. The minimum Gasteiger partial charge on any atom is -0.258 e. The Morgan fingerprint density at radius 2 is 1.52 bits per heavy atom. The first kappa shape index (κ1) is 21.0. The lowest BCUT2D eigenvalue weighted by atomic mass is 9.96. The molecular weight excluding hydrogens is 447 g/mol. The molecule has 3 aromatic carbocycles. The van der Waals surface area contributed by atoms with E-state index < -0.39 is 16.7 Å². The van der Waals surface area contributed by atoms with Gasteiger partial charge in [0.2, 0.25) is 0 Å². The lowest BCUT2D eigenvalue weighted by molar-refractivity contribution is -0.384. The van der Waals surface area contributed by atoms with Crippen LogP contribution in [0, 0.1) is 10.1 Å².